The molecule has 1 fully saturated rings. The van der Waals surface area contributed by atoms with Gasteiger partial charge in [0.05, 0.1) is 6.61 Å². The van der Waals surface area contributed by atoms with Gasteiger partial charge in [0.2, 0.25) is 0 Å². The summed E-state index contributed by atoms with van der Waals surface area (Å²) >= 11 is 1.74. The first-order chi connectivity index (χ1) is 7.25. The smallest absolute Gasteiger partial charge is 0.185 e. The van der Waals surface area contributed by atoms with Crippen molar-refractivity contribution in [3.63, 3.8) is 0 Å². The molecule has 1 aliphatic heterocycles. The van der Waals surface area contributed by atoms with E-state index in [0.717, 1.165) is 31.3 Å². The number of nitrogens with zero attached hydrogens (tertiary/aromatic N) is 2. The first-order valence-corrected chi connectivity index (χ1v) is 6.00. The first kappa shape index (κ1) is 10.9. The normalized spacial score (nSPS) is 20.8. The zero-order valence-electron chi connectivity index (χ0n) is 9.19. The van der Waals surface area contributed by atoms with E-state index in [1.165, 1.54) is 4.88 Å². The zero-order chi connectivity index (χ0) is 10.7. The number of anilines is 1. The molecule has 5 heteroatoms. The number of rotatable bonds is 4. The molecule has 1 atom stereocenters. The standard InChI is InChI=1S/C10H17N3OS/c1-13(2)10-12-6-9(15-10)5-11-8-3-4-14-7-8/h6,8,11H,3-5,7H2,1-2H3. The maximum absolute atomic E-state index is 5.31. The Morgan fingerprint density at radius 1 is 1.67 bits per heavy atom. The van der Waals surface area contributed by atoms with Crippen molar-refractivity contribution in [2.45, 2.75) is 19.0 Å². The minimum Gasteiger partial charge on any atom is -0.380 e. The molecule has 1 unspecified atom stereocenters. The predicted molar refractivity (Wildman–Crippen MR) is 62.5 cm³/mol. The van der Waals surface area contributed by atoms with Gasteiger partial charge in [-0.05, 0) is 6.42 Å². The second-order valence-corrected chi connectivity index (χ2v) is 5.04. The molecule has 0 aliphatic carbocycles. The Morgan fingerprint density at radius 3 is 3.13 bits per heavy atom. The van der Waals surface area contributed by atoms with Crippen LogP contribution < -0.4 is 10.2 Å². The van der Waals surface area contributed by atoms with E-state index < -0.39 is 0 Å². The summed E-state index contributed by atoms with van der Waals surface area (Å²) in [5, 5.41) is 4.54. The number of thiazole rings is 1. The molecule has 0 aromatic carbocycles. The molecule has 0 radical (unpaired) electrons. The fourth-order valence-electron chi connectivity index (χ4n) is 1.53. The monoisotopic (exact) mass is 227 g/mol. The lowest BCUT2D eigenvalue weighted by Crippen LogP contribution is -2.28. The molecule has 0 amide bonds. The minimum absolute atomic E-state index is 0.523. The summed E-state index contributed by atoms with van der Waals surface area (Å²) in [5.41, 5.74) is 0. The molecule has 1 aromatic rings. The van der Waals surface area contributed by atoms with E-state index in [9.17, 15) is 0 Å². The van der Waals surface area contributed by atoms with Crippen LogP contribution in [0.15, 0.2) is 6.20 Å². The number of hydrogen-bond acceptors (Lipinski definition) is 5. The van der Waals surface area contributed by atoms with Crippen molar-refractivity contribution in [1.29, 1.82) is 0 Å². The number of nitrogens with one attached hydrogen (secondary N) is 1. The first-order valence-electron chi connectivity index (χ1n) is 5.19. The van der Waals surface area contributed by atoms with Crippen LogP contribution >= 0.6 is 11.3 Å². The third-order valence-electron chi connectivity index (χ3n) is 2.42. The minimum atomic E-state index is 0.523. The molecule has 4 nitrogen and oxygen atoms in total. The number of aromatic nitrogens is 1. The van der Waals surface area contributed by atoms with Crippen LogP contribution in [-0.4, -0.2) is 38.3 Å². The summed E-state index contributed by atoms with van der Waals surface area (Å²) in [6, 6.07) is 0.523. The van der Waals surface area contributed by atoms with Crippen molar-refractivity contribution in [3.8, 4) is 0 Å². The molecule has 2 rings (SSSR count). The Balaban J connectivity index is 1.82. The van der Waals surface area contributed by atoms with Gasteiger partial charge >= 0.3 is 0 Å². The van der Waals surface area contributed by atoms with E-state index >= 15 is 0 Å². The lowest BCUT2D eigenvalue weighted by atomic mass is 10.2. The fraction of sp³-hybridized carbons (Fsp3) is 0.700. The Bertz CT molecular complexity index is 307. The summed E-state index contributed by atoms with van der Waals surface area (Å²) in [6.45, 7) is 2.64. The van der Waals surface area contributed by atoms with Crippen LogP contribution in [0.5, 0.6) is 0 Å². The van der Waals surface area contributed by atoms with Gasteiger partial charge in [0.15, 0.2) is 5.13 Å². The quantitative estimate of drug-likeness (QED) is 0.835. The number of ether oxygens (including phenoxy) is 1. The van der Waals surface area contributed by atoms with Crippen LogP contribution in [-0.2, 0) is 11.3 Å². The van der Waals surface area contributed by atoms with Gasteiger partial charge in [-0.15, -0.1) is 11.3 Å². The Labute approximate surface area is 94.3 Å². The highest BCUT2D eigenvalue weighted by atomic mass is 32.1. The molecule has 15 heavy (non-hydrogen) atoms. The van der Waals surface area contributed by atoms with E-state index in [0.29, 0.717) is 6.04 Å². The van der Waals surface area contributed by atoms with E-state index in [2.05, 4.69) is 10.3 Å². The Kier molecular flexibility index (Phi) is 3.56. The van der Waals surface area contributed by atoms with Crippen molar-refractivity contribution >= 4 is 16.5 Å². The van der Waals surface area contributed by atoms with Crippen LogP contribution in [0.3, 0.4) is 0 Å². The molecule has 1 saturated heterocycles. The van der Waals surface area contributed by atoms with Gasteiger partial charge in [-0.3, -0.25) is 0 Å². The highest BCUT2D eigenvalue weighted by molar-refractivity contribution is 7.15. The van der Waals surface area contributed by atoms with Crippen LogP contribution in [0.4, 0.5) is 5.13 Å². The molecule has 0 saturated carbocycles. The summed E-state index contributed by atoms with van der Waals surface area (Å²) in [4.78, 5) is 7.65. The zero-order valence-corrected chi connectivity index (χ0v) is 10.0. The Hall–Kier alpha value is -0.650. The largest absolute Gasteiger partial charge is 0.380 e. The van der Waals surface area contributed by atoms with Gasteiger partial charge in [-0.1, -0.05) is 0 Å². The van der Waals surface area contributed by atoms with Crippen LogP contribution in [0.2, 0.25) is 0 Å². The third-order valence-corrected chi connectivity index (χ3v) is 3.58. The SMILES string of the molecule is CN(C)c1ncc(CNC2CCOC2)s1. The molecule has 1 N–H and O–H groups in total. The summed E-state index contributed by atoms with van der Waals surface area (Å²) in [6.07, 6.45) is 3.07. The van der Waals surface area contributed by atoms with Gasteiger partial charge < -0.3 is 15.0 Å². The summed E-state index contributed by atoms with van der Waals surface area (Å²) < 4.78 is 5.31. The Morgan fingerprint density at radius 2 is 2.53 bits per heavy atom. The van der Waals surface area contributed by atoms with E-state index in [4.69, 9.17) is 4.74 Å². The van der Waals surface area contributed by atoms with Gasteiger partial charge in [0.25, 0.3) is 0 Å². The maximum Gasteiger partial charge on any atom is 0.185 e. The van der Waals surface area contributed by atoms with E-state index in [-0.39, 0.29) is 0 Å². The lowest BCUT2D eigenvalue weighted by Gasteiger charge is -2.08. The summed E-state index contributed by atoms with van der Waals surface area (Å²) in [7, 11) is 4.03. The molecule has 1 aliphatic rings. The van der Waals surface area contributed by atoms with Crippen molar-refractivity contribution < 1.29 is 4.74 Å². The molecule has 0 spiro atoms. The van der Waals surface area contributed by atoms with Crippen LogP contribution in [0.1, 0.15) is 11.3 Å². The highest BCUT2D eigenvalue weighted by Crippen LogP contribution is 2.20. The maximum atomic E-state index is 5.31. The molecule has 2 heterocycles. The van der Waals surface area contributed by atoms with E-state index in [1.807, 2.05) is 25.2 Å². The molecule has 1 aromatic heterocycles. The average Bonchev–Trinajstić information content (AvgIpc) is 2.86. The van der Waals surface area contributed by atoms with Crippen molar-refractivity contribution in [3.05, 3.63) is 11.1 Å². The second kappa shape index (κ2) is 4.92. The van der Waals surface area contributed by atoms with E-state index in [1.54, 1.807) is 11.3 Å². The van der Waals surface area contributed by atoms with Gasteiger partial charge in [0.1, 0.15) is 0 Å². The predicted octanol–water partition coefficient (Wildman–Crippen LogP) is 1.09. The third kappa shape index (κ3) is 2.90. The average molecular weight is 227 g/mol. The van der Waals surface area contributed by atoms with Crippen molar-refractivity contribution in [1.82, 2.24) is 10.3 Å². The van der Waals surface area contributed by atoms with Gasteiger partial charge in [-0.2, -0.15) is 0 Å². The second-order valence-electron chi connectivity index (χ2n) is 3.94. The van der Waals surface area contributed by atoms with Gasteiger partial charge in [0, 0.05) is 44.4 Å². The van der Waals surface area contributed by atoms with Gasteiger partial charge in [-0.25, -0.2) is 4.98 Å². The summed E-state index contributed by atoms with van der Waals surface area (Å²) in [5.74, 6) is 0. The molecular weight excluding hydrogens is 210 g/mol. The molecule has 0 bridgehead atoms. The van der Waals surface area contributed by atoms with Crippen molar-refractivity contribution in [2.75, 3.05) is 32.2 Å². The lowest BCUT2D eigenvalue weighted by molar-refractivity contribution is 0.190. The van der Waals surface area contributed by atoms with Crippen LogP contribution in [0, 0.1) is 0 Å². The molecular formula is C10H17N3OS. The highest BCUT2D eigenvalue weighted by Gasteiger charge is 2.15. The van der Waals surface area contributed by atoms with Crippen LogP contribution in [0.25, 0.3) is 0 Å². The topological polar surface area (TPSA) is 37.4 Å². The number of hydrogen-bond donors (Lipinski definition) is 1. The molecule has 84 valence electrons. The fourth-order valence-corrected chi connectivity index (χ4v) is 2.31. The van der Waals surface area contributed by atoms with Crippen molar-refractivity contribution in [2.24, 2.45) is 0 Å².